The Morgan fingerprint density at radius 1 is 1.50 bits per heavy atom. The van der Waals surface area contributed by atoms with Crippen LogP contribution in [0.5, 0.6) is 0 Å². The van der Waals surface area contributed by atoms with Crippen molar-refractivity contribution in [2.75, 3.05) is 24.2 Å². The molecule has 2 aromatic rings. The van der Waals surface area contributed by atoms with Crippen molar-refractivity contribution in [1.29, 1.82) is 0 Å². The highest BCUT2D eigenvalue weighted by atomic mass is 32.2. The number of rotatable bonds is 6. The van der Waals surface area contributed by atoms with Crippen molar-refractivity contribution >= 4 is 34.1 Å². The number of likely N-dealkylation sites (tertiary alicyclic amines) is 1. The number of aromatic nitrogens is 3. The number of carbonyl (C=O) groups excluding carboxylic acids is 1. The molecule has 1 fully saturated rings. The Hall–Kier alpha value is -1.45. The molecular weight excluding hydrogens is 346 g/mol. The Labute approximate surface area is 149 Å². The fourth-order valence-electron chi connectivity index (χ4n) is 2.84. The van der Waals surface area contributed by atoms with Crippen LogP contribution in [0.25, 0.3) is 0 Å². The molecule has 1 aliphatic rings. The average Bonchev–Trinajstić information content (AvgIpc) is 3.17. The van der Waals surface area contributed by atoms with E-state index in [2.05, 4.69) is 32.5 Å². The summed E-state index contributed by atoms with van der Waals surface area (Å²) in [6.45, 7) is 5.16. The molecule has 0 aliphatic carbocycles. The highest BCUT2D eigenvalue weighted by Gasteiger charge is 2.28. The number of aryl methyl sites for hydroxylation is 1. The van der Waals surface area contributed by atoms with Gasteiger partial charge in [-0.15, -0.1) is 10.2 Å². The van der Waals surface area contributed by atoms with Crippen molar-refractivity contribution < 1.29 is 9.32 Å². The van der Waals surface area contributed by atoms with Crippen molar-refractivity contribution in [2.45, 2.75) is 43.5 Å². The second kappa shape index (κ2) is 8.09. The monoisotopic (exact) mass is 367 g/mol. The molecule has 7 nitrogen and oxygen atoms in total. The molecule has 1 saturated heterocycles. The van der Waals surface area contributed by atoms with Crippen LogP contribution < -0.4 is 5.32 Å². The van der Waals surface area contributed by atoms with Gasteiger partial charge in [0.25, 0.3) is 0 Å². The maximum atomic E-state index is 12.4. The van der Waals surface area contributed by atoms with Crippen LogP contribution in [0, 0.1) is 6.92 Å². The minimum Gasteiger partial charge on any atom is -0.361 e. The van der Waals surface area contributed by atoms with Gasteiger partial charge in [-0.2, -0.15) is 0 Å². The van der Waals surface area contributed by atoms with Crippen LogP contribution in [-0.2, 0) is 4.79 Å². The van der Waals surface area contributed by atoms with E-state index in [9.17, 15) is 4.79 Å². The molecule has 9 heteroatoms. The smallest absolute Gasteiger partial charge is 0.240 e. The molecule has 0 spiro atoms. The lowest BCUT2D eigenvalue weighted by atomic mass is 9.99. The highest BCUT2D eigenvalue weighted by molar-refractivity contribution is 8.01. The molecule has 3 rings (SSSR count). The number of carbonyl (C=O) groups is 1. The van der Waals surface area contributed by atoms with Gasteiger partial charge in [-0.25, -0.2) is 0 Å². The van der Waals surface area contributed by atoms with Crippen LogP contribution in [0.15, 0.2) is 14.9 Å². The predicted molar refractivity (Wildman–Crippen MR) is 94.3 cm³/mol. The first-order valence-corrected chi connectivity index (χ1v) is 9.89. The molecule has 1 amide bonds. The van der Waals surface area contributed by atoms with E-state index in [0.717, 1.165) is 47.4 Å². The molecule has 0 aromatic carbocycles. The molecule has 0 bridgehead atoms. The minimum absolute atomic E-state index is 0.0636. The van der Waals surface area contributed by atoms with Crippen molar-refractivity contribution in [3.8, 4) is 0 Å². The maximum absolute atomic E-state index is 12.4. The maximum Gasteiger partial charge on any atom is 0.240 e. The zero-order valence-corrected chi connectivity index (χ0v) is 15.5. The van der Waals surface area contributed by atoms with Gasteiger partial charge in [0.2, 0.25) is 11.0 Å². The SMILES string of the molecule is CCSc1nnc(NC(=O)CN2CCCCC2c2cc(C)on2)s1. The number of hydrogen-bond acceptors (Lipinski definition) is 8. The number of anilines is 1. The Morgan fingerprint density at radius 2 is 2.38 bits per heavy atom. The van der Waals surface area contributed by atoms with Crippen LogP contribution in [-0.4, -0.2) is 45.0 Å². The molecular formula is C15H21N5O2S2. The van der Waals surface area contributed by atoms with E-state index in [0.29, 0.717) is 11.7 Å². The van der Waals surface area contributed by atoms with Gasteiger partial charge in [-0.05, 0) is 32.1 Å². The second-order valence-corrected chi connectivity index (χ2v) is 8.19. The fourth-order valence-corrected chi connectivity index (χ4v) is 4.51. The van der Waals surface area contributed by atoms with Crippen LogP contribution >= 0.6 is 23.1 Å². The van der Waals surface area contributed by atoms with Gasteiger partial charge in [-0.1, -0.05) is 41.6 Å². The predicted octanol–water partition coefficient (Wildman–Crippen LogP) is 3.11. The Kier molecular flexibility index (Phi) is 5.85. The normalized spacial score (nSPS) is 18.7. The quantitative estimate of drug-likeness (QED) is 0.620. The van der Waals surface area contributed by atoms with Gasteiger partial charge in [0, 0.05) is 6.07 Å². The molecule has 130 valence electrons. The zero-order chi connectivity index (χ0) is 16.9. The zero-order valence-electron chi connectivity index (χ0n) is 13.8. The summed E-state index contributed by atoms with van der Waals surface area (Å²) in [4.78, 5) is 14.5. The van der Waals surface area contributed by atoms with E-state index in [1.807, 2.05) is 13.0 Å². The fraction of sp³-hybridized carbons (Fsp3) is 0.600. The summed E-state index contributed by atoms with van der Waals surface area (Å²) in [6.07, 6.45) is 3.23. The largest absolute Gasteiger partial charge is 0.361 e. The first-order chi connectivity index (χ1) is 11.7. The molecule has 2 aromatic heterocycles. The molecule has 1 unspecified atom stereocenters. The summed E-state index contributed by atoms with van der Waals surface area (Å²) in [7, 11) is 0. The second-order valence-electron chi connectivity index (χ2n) is 5.70. The van der Waals surface area contributed by atoms with E-state index < -0.39 is 0 Å². The standard InChI is InChI=1S/C15H21N5O2S2/c1-3-23-15-18-17-14(24-15)16-13(21)9-20-7-5-4-6-12(20)11-8-10(2)22-19-11/h8,12H,3-7,9H2,1-2H3,(H,16,17,21). The van der Waals surface area contributed by atoms with Crippen LogP contribution in [0.2, 0.25) is 0 Å². The van der Waals surface area contributed by atoms with Gasteiger partial charge < -0.3 is 4.52 Å². The highest BCUT2D eigenvalue weighted by Crippen LogP contribution is 2.30. The van der Waals surface area contributed by atoms with Crippen LogP contribution in [0.1, 0.15) is 43.7 Å². The number of amides is 1. The van der Waals surface area contributed by atoms with Crippen molar-refractivity contribution in [3.05, 3.63) is 17.5 Å². The summed E-state index contributed by atoms with van der Waals surface area (Å²) in [5.74, 6) is 1.68. The number of nitrogens with one attached hydrogen (secondary N) is 1. The van der Waals surface area contributed by atoms with Gasteiger partial charge in [0.05, 0.1) is 12.6 Å². The summed E-state index contributed by atoms with van der Waals surface area (Å²) in [6, 6.07) is 2.10. The topological polar surface area (TPSA) is 84.2 Å². The summed E-state index contributed by atoms with van der Waals surface area (Å²) in [5.41, 5.74) is 0.914. The first-order valence-electron chi connectivity index (χ1n) is 8.09. The Morgan fingerprint density at radius 3 is 3.12 bits per heavy atom. The van der Waals surface area contributed by atoms with Gasteiger partial charge in [0.15, 0.2) is 4.34 Å². The van der Waals surface area contributed by atoms with E-state index in [1.54, 1.807) is 11.8 Å². The molecule has 0 saturated carbocycles. The number of piperidine rings is 1. The first kappa shape index (κ1) is 17.4. The lowest BCUT2D eigenvalue weighted by molar-refractivity contribution is -0.118. The molecule has 1 atom stereocenters. The van der Waals surface area contributed by atoms with Crippen LogP contribution in [0.3, 0.4) is 0 Å². The van der Waals surface area contributed by atoms with Gasteiger partial charge in [-0.3, -0.25) is 15.0 Å². The summed E-state index contributed by atoms with van der Waals surface area (Å²) in [5, 5.41) is 15.6. The third-order valence-electron chi connectivity index (χ3n) is 3.87. The van der Waals surface area contributed by atoms with Gasteiger partial charge >= 0.3 is 0 Å². The molecule has 1 N–H and O–H groups in total. The minimum atomic E-state index is -0.0636. The van der Waals surface area contributed by atoms with E-state index in [4.69, 9.17) is 4.52 Å². The van der Waals surface area contributed by atoms with E-state index >= 15 is 0 Å². The van der Waals surface area contributed by atoms with Crippen molar-refractivity contribution in [2.24, 2.45) is 0 Å². The van der Waals surface area contributed by atoms with Gasteiger partial charge in [0.1, 0.15) is 11.5 Å². The molecule has 0 radical (unpaired) electrons. The van der Waals surface area contributed by atoms with Crippen molar-refractivity contribution in [1.82, 2.24) is 20.3 Å². The Balaban J connectivity index is 1.60. The number of hydrogen-bond donors (Lipinski definition) is 1. The third-order valence-corrected chi connectivity index (χ3v) is 5.72. The number of nitrogens with zero attached hydrogens (tertiary/aromatic N) is 4. The van der Waals surface area contributed by atoms with E-state index in [-0.39, 0.29) is 11.9 Å². The third kappa shape index (κ3) is 4.34. The van der Waals surface area contributed by atoms with Crippen molar-refractivity contribution in [3.63, 3.8) is 0 Å². The molecule has 1 aliphatic heterocycles. The number of thioether (sulfide) groups is 1. The Bertz CT molecular complexity index is 687. The lowest BCUT2D eigenvalue weighted by Gasteiger charge is -2.33. The van der Waals surface area contributed by atoms with Crippen LogP contribution in [0.4, 0.5) is 5.13 Å². The average molecular weight is 368 g/mol. The summed E-state index contributed by atoms with van der Waals surface area (Å²) >= 11 is 3.03. The summed E-state index contributed by atoms with van der Waals surface area (Å²) < 4.78 is 6.07. The van der Waals surface area contributed by atoms with E-state index in [1.165, 1.54) is 11.3 Å². The molecule has 24 heavy (non-hydrogen) atoms. The lowest BCUT2D eigenvalue weighted by Crippen LogP contribution is -2.39. The molecule has 3 heterocycles.